The van der Waals surface area contributed by atoms with Crippen LogP contribution in [0.2, 0.25) is 0 Å². The third-order valence-corrected chi connectivity index (χ3v) is 4.65. The van der Waals surface area contributed by atoms with Crippen molar-refractivity contribution in [3.63, 3.8) is 0 Å². The summed E-state index contributed by atoms with van der Waals surface area (Å²) in [5.41, 5.74) is 0.190. The highest BCUT2D eigenvalue weighted by atomic mass is 16.5. The van der Waals surface area contributed by atoms with Gasteiger partial charge in [-0.05, 0) is 37.1 Å². The molecule has 3 rings (SSSR count). The topological polar surface area (TPSA) is 95.9 Å². The summed E-state index contributed by atoms with van der Waals surface area (Å²) in [6.45, 7) is 0.851. The van der Waals surface area contributed by atoms with E-state index in [1.807, 2.05) is 18.2 Å². The highest BCUT2D eigenvalue weighted by Gasteiger charge is 2.26. The molecule has 146 valence electrons. The molecular weight excluding hydrogens is 360 g/mol. The number of carboxylic acids is 1. The van der Waals surface area contributed by atoms with Gasteiger partial charge in [0.05, 0.1) is 11.1 Å². The summed E-state index contributed by atoms with van der Waals surface area (Å²) >= 11 is 0. The Balaban J connectivity index is 1.48. The van der Waals surface area contributed by atoms with Gasteiger partial charge in [0.2, 0.25) is 0 Å². The van der Waals surface area contributed by atoms with Crippen LogP contribution in [0, 0.1) is 0 Å². The van der Waals surface area contributed by atoms with Crippen molar-refractivity contribution >= 4 is 17.8 Å². The first-order chi connectivity index (χ1) is 13.5. The third-order valence-electron chi connectivity index (χ3n) is 4.65. The van der Waals surface area contributed by atoms with Gasteiger partial charge in [0.1, 0.15) is 5.75 Å². The summed E-state index contributed by atoms with van der Waals surface area (Å²) in [7, 11) is 0. The van der Waals surface area contributed by atoms with Gasteiger partial charge in [0, 0.05) is 19.1 Å². The fourth-order valence-corrected chi connectivity index (χ4v) is 3.19. The molecule has 0 atom stereocenters. The minimum Gasteiger partial charge on any atom is -0.484 e. The molecule has 1 aliphatic rings. The number of carbonyl (C=O) groups excluding carboxylic acids is 2. The van der Waals surface area contributed by atoms with E-state index in [0.717, 1.165) is 0 Å². The lowest BCUT2D eigenvalue weighted by Crippen LogP contribution is -2.47. The molecule has 0 spiro atoms. The van der Waals surface area contributed by atoms with Crippen LogP contribution in [0.5, 0.6) is 5.75 Å². The first-order valence-corrected chi connectivity index (χ1v) is 9.13. The average Bonchev–Trinajstić information content (AvgIpc) is 2.73. The number of amides is 2. The van der Waals surface area contributed by atoms with E-state index in [4.69, 9.17) is 4.74 Å². The third kappa shape index (κ3) is 4.88. The second-order valence-corrected chi connectivity index (χ2v) is 6.59. The fourth-order valence-electron chi connectivity index (χ4n) is 3.19. The van der Waals surface area contributed by atoms with Gasteiger partial charge in [-0.1, -0.05) is 30.3 Å². The summed E-state index contributed by atoms with van der Waals surface area (Å²) in [6, 6.07) is 15.3. The maximum Gasteiger partial charge on any atom is 0.336 e. The maximum atomic E-state index is 12.7. The molecule has 0 saturated carbocycles. The molecule has 7 heteroatoms. The van der Waals surface area contributed by atoms with Gasteiger partial charge in [-0.3, -0.25) is 9.59 Å². The van der Waals surface area contributed by atoms with Crippen molar-refractivity contribution in [1.29, 1.82) is 0 Å². The molecule has 28 heavy (non-hydrogen) atoms. The Labute approximate surface area is 162 Å². The van der Waals surface area contributed by atoms with E-state index in [2.05, 4.69) is 5.32 Å². The molecule has 2 aromatic rings. The van der Waals surface area contributed by atoms with E-state index in [9.17, 15) is 19.5 Å². The van der Waals surface area contributed by atoms with Gasteiger partial charge < -0.3 is 20.1 Å². The Bertz CT molecular complexity index is 845. The molecule has 0 radical (unpaired) electrons. The summed E-state index contributed by atoms with van der Waals surface area (Å²) in [4.78, 5) is 37.7. The number of aromatic carboxylic acids is 1. The number of benzene rings is 2. The average molecular weight is 382 g/mol. The van der Waals surface area contributed by atoms with Gasteiger partial charge >= 0.3 is 5.97 Å². The highest BCUT2D eigenvalue weighted by Crippen LogP contribution is 2.17. The van der Waals surface area contributed by atoms with Crippen molar-refractivity contribution in [2.24, 2.45) is 0 Å². The Hall–Kier alpha value is -3.35. The second kappa shape index (κ2) is 9.03. The van der Waals surface area contributed by atoms with E-state index in [0.29, 0.717) is 31.7 Å². The minimum absolute atomic E-state index is 0.000914. The number of ether oxygens (including phenoxy) is 1. The Morgan fingerprint density at radius 3 is 2.21 bits per heavy atom. The van der Waals surface area contributed by atoms with Gasteiger partial charge in [0.15, 0.2) is 6.61 Å². The maximum absolute atomic E-state index is 12.7. The molecule has 1 saturated heterocycles. The number of nitrogens with one attached hydrogen (secondary N) is 1. The smallest absolute Gasteiger partial charge is 0.336 e. The molecule has 1 fully saturated rings. The van der Waals surface area contributed by atoms with Crippen molar-refractivity contribution < 1.29 is 24.2 Å². The van der Waals surface area contributed by atoms with Crippen molar-refractivity contribution in [2.45, 2.75) is 18.9 Å². The van der Waals surface area contributed by atoms with Crippen LogP contribution in [-0.4, -0.2) is 53.5 Å². The molecule has 0 unspecified atom stereocenters. The molecule has 1 aliphatic heterocycles. The monoisotopic (exact) mass is 382 g/mol. The molecule has 2 amide bonds. The van der Waals surface area contributed by atoms with E-state index < -0.39 is 5.97 Å². The van der Waals surface area contributed by atoms with Crippen LogP contribution >= 0.6 is 0 Å². The molecule has 0 aliphatic carbocycles. The molecule has 1 heterocycles. The number of hydrogen-bond donors (Lipinski definition) is 2. The lowest BCUT2D eigenvalue weighted by atomic mass is 10.0. The molecule has 7 nitrogen and oxygen atoms in total. The van der Waals surface area contributed by atoms with Crippen LogP contribution in [0.15, 0.2) is 54.6 Å². The van der Waals surface area contributed by atoms with Crippen molar-refractivity contribution in [2.75, 3.05) is 19.7 Å². The SMILES string of the molecule is O=C(COc1ccccc1)NC1CCN(C(=O)c2ccccc2C(=O)O)CC1. The number of para-hydroxylation sites is 1. The van der Waals surface area contributed by atoms with Crippen molar-refractivity contribution in [3.05, 3.63) is 65.7 Å². The predicted octanol–water partition coefficient (Wildman–Crippen LogP) is 2.18. The van der Waals surface area contributed by atoms with E-state index in [1.165, 1.54) is 12.1 Å². The minimum atomic E-state index is -1.12. The summed E-state index contributed by atoms with van der Waals surface area (Å²) in [5, 5.41) is 12.2. The molecule has 0 aromatic heterocycles. The molecular formula is C21H22N2O5. The number of carboxylic acid groups (broad SMARTS) is 1. The highest BCUT2D eigenvalue weighted by molar-refractivity contribution is 6.04. The molecule has 0 bridgehead atoms. The standard InChI is InChI=1S/C21H22N2O5/c24-19(14-28-16-6-2-1-3-7-16)22-15-10-12-23(13-11-15)20(25)17-8-4-5-9-18(17)21(26)27/h1-9,15H,10-14H2,(H,22,24)(H,26,27). The normalized spacial score (nSPS) is 14.4. The largest absolute Gasteiger partial charge is 0.484 e. The quantitative estimate of drug-likeness (QED) is 0.798. The number of hydrogen-bond acceptors (Lipinski definition) is 4. The van der Waals surface area contributed by atoms with Crippen LogP contribution in [-0.2, 0) is 4.79 Å². The van der Waals surface area contributed by atoms with Gasteiger partial charge in [0.25, 0.3) is 11.8 Å². The van der Waals surface area contributed by atoms with Crippen LogP contribution in [0.1, 0.15) is 33.6 Å². The summed E-state index contributed by atoms with van der Waals surface area (Å²) in [6.07, 6.45) is 1.22. The zero-order chi connectivity index (χ0) is 19.9. The van der Waals surface area contributed by atoms with Crippen LogP contribution < -0.4 is 10.1 Å². The Kier molecular flexibility index (Phi) is 6.26. The molecule has 2 aromatic carbocycles. The van der Waals surface area contributed by atoms with Crippen LogP contribution in [0.4, 0.5) is 0 Å². The number of rotatable bonds is 6. The summed E-state index contributed by atoms with van der Waals surface area (Å²) < 4.78 is 5.43. The van der Waals surface area contributed by atoms with E-state index >= 15 is 0 Å². The zero-order valence-electron chi connectivity index (χ0n) is 15.3. The van der Waals surface area contributed by atoms with Gasteiger partial charge in [-0.15, -0.1) is 0 Å². The van der Waals surface area contributed by atoms with E-state index in [-0.39, 0.29) is 35.6 Å². The van der Waals surface area contributed by atoms with Gasteiger partial charge in [-0.25, -0.2) is 4.79 Å². The zero-order valence-corrected chi connectivity index (χ0v) is 15.3. The number of likely N-dealkylation sites (tertiary alicyclic amines) is 1. The fraction of sp³-hybridized carbons (Fsp3) is 0.286. The van der Waals surface area contributed by atoms with Gasteiger partial charge in [-0.2, -0.15) is 0 Å². The van der Waals surface area contributed by atoms with Crippen molar-refractivity contribution in [1.82, 2.24) is 10.2 Å². The predicted molar refractivity (Wildman–Crippen MR) is 102 cm³/mol. The number of piperidine rings is 1. The lowest BCUT2D eigenvalue weighted by molar-refractivity contribution is -0.124. The van der Waals surface area contributed by atoms with Crippen LogP contribution in [0.25, 0.3) is 0 Å². The van der Waals surface area contributed by atoms with E-state index in [1.54, 1.807) is 29.2 Å². The van der Waals surface area contributed by atoms with Crippen LogP contribution in [0.3, 0.4) is 0 Å². The first kappa shape index (κ1) is 19.4. The summed E-state index contributed by atoms with van der Waals surface area (Å²) in [5.74, 6) is -0.986. The van der Waals surface area contributed by atoms with Crippen molar-refractivity contribution in [3.8, 4) is 5.75 Å². The second-order valence-electron chi connectivity index (χ2n) is 6.59. The first-order valence-electron chi connectivity index (χ1n) is 9.13. The molecule has 2 N–H and O–H groups in total. The Morgan fingerprint density at radius 2 is 1.57 bits per heavy atom. The number of carbonyl (C=O) groups is 3. The Morgan fingerprint density at radius 1 is 0.964 bits per heavy atom. The lowest BCUT2D eigenvalue weighted by Gasteiger charge is -2.32. The number of nitrogens with zero attached hydrogens (tertiary/aromatic N) is 1.